The summed E-state index contributed by atoms with van der Waals surface area (Å²) in [6.07, 6.45) is 1.34. The van der Waals surface area contributed by atoms with E-state index >= 15 is 0 Å². The van der Waals surface area contributed by atoms with Crippen molar-refractivity contribution in [2.75, 3.05) is 0 Å². The number of carboxylic acid groups (broad SMARTS) is 1. The van der Waals surface area contributed by atoms with E-state index in [1.165, 1.54) is 0 Å². The number of hydrogen-bond donors (Lipinski definition) is 1. The Kier molecular flexibility index (Phi) is 5.41. The van der Waals surface area contributed by atoms with Gasteiger partial charge in [0.15, 0.2) is 0 Å². The molecule has 3 unspecified atom stereocenters. The Balaban J connectivity index is 0.00000121. The van der Waals surface area contributed by atoms with Gasteiger partial charge in [-0.05, 0) is 31.1 Å². The van der Waals surface area contributed by atoms with Crippen LogP contribution in [0, 0.1) is 11.8 Å². The van der Waals surface area contributed by atoms with Gasteiger partial charge in [0.25, 0.3) is 0 Å². The zero-order chi connectivity index (χ0) is 8.43. The van der Waals surface area contributed by atoms with Gasteiger partial charge in [0.1, 0.15) is 0 Å². The Bertz CT molecular complexity index is 160. The number of carbonyl (C=O) groups is 1. The maximum atomic E-state index is 10.2. The molecule has 0 aromatic rings. The molecule has 0 bridgehead atoms. The standard InChI is InChI=1S/C8H14O3.Na/c1-5-6(4-8(10)11)2-3-7(5)9;/h5-7,9H,2-4H2,1H3,(H,10,11);/q;+1/p-1. The number of aliphatic carboxylic acids is 1. The van der Waals surface area contributed by atoms with E-state index in [-0.39, 0.29) is 53.9 Å². The van der Waals surface area contributed by atoms with E-state index in [9.17, 15) is 15.0 Å². The molecular formula is C8H13NaO3. The van der Waals surface area contributed by atoms with Gasteiger partial charge in [0.05, 0.1) is 6.10 Å². The molecule has 1 aliphatic rings. The van der Waals surface area contributed by atoms with Crippen molar-refractivity contribution in [3.05, 3.63) is 0 Å². The van der Waals surface area contributed by atoms with Crippen LogP contribution in [0.1, 0.15) is 26.2 Å². The SMILES string of the molecule is CC1C(O)CCC1CC(=O)[O-].[Na+]. The minimum atomic E-state index is -1.00. The molecule has 0 amide bonds. The summed E-state index contributed by atoms with van der Waals surface area (Å²) in [5.41, 5.74) is 0. The van der Waals surface area contributed by atoms with Gasteiger partial charge in [-0.1, -0.05) is 6.92 Å². The Hall–Kier alpha value is 0.430. The zero-order valence-corrected chi connectivity index (χ0v) is 9.62. The van der Waals surface area contributed by atoms with Crippen LogP contribution in [0.25, 0.3) is 0 Å². The number of aliphatic hydroxyl groups is 1. The van der Waals surface area contributed by atoms with Gasteiger partial charge < -0.3 is 15.0 Å². The fraction of sp³-hybridized carbons (Fsp3) is 0.875. The third kappa shape index (κ3) is 3.05. The van der Waals surface area contributed by atoms with E-state index in [0.29, 0.717) is 0 Å². The fourth-order valence-corrected chi connectivity index (χ4v) is 1.73. The monoisotopic (exact) mass is 180 g/mol. The molecule has 12 heavy (non-hydrogen) atoms. The van der Waals surface area contributed by atoms with Crippen LogP contribution in [0.2, 0.25) is 0 Å². The van der Waals surface area contributed by atoms with Crippen molar-refractivity contribution < 1.29 is 44.6 Å². The number of aliphatic hydroxyl groups excluding tert-OH is 1. The second kappa shape index (κ2) is 5.22. The number of carboxylic acids is 1. The second-order valence-electron chi connectivity index (χ2n) is 3.34. The molecule has 3 atom stereocenters. The molecule has 4 heteroatoms. The van der Waals surface area contributed by atoms with Crippen molar-refractivity contribution in [2.24, 2.45) is 11.8 Å². The van der Waals surface area contributed by atoms with E-state index in [0.717, 1.165) is 12.8 Å². The van der Waals surface area contributed by atoms with Gasteiger partial charge in [0.2, 0.25) is 0 Å². The molecule has 0 aliphatic heterocycles. The maximum Gasteiger partial charge on any atom is 1.00 e. The summed E-state index contributed by atoms with van der Waals surface area (Å²) in [6.45, 7) is 1.89. The van der Waals surface area contributed by atoms with Crippen molar-refractivity contribution >= 4 is 5.97 Å². The molecule has 1 rings (SSSR count). The number of hydrogen-bond acceptors (Lipinski definition) is 3. The first-order valence-corrected chi connectivity index (χ1v) is 3.99. The predicted octanol–water partition coefficient (Wildman–Crippen LogP) is -3.46. The molecule has 3 nitrogen and oxygen atoms in total. The number of carbonyl (C=O) groups excluding carboxylic acids is 1. The Morgan fingerprint density at radius 3 is 2.50 bits per heavy atom. The van der Waals surface area contributed by atoms with Gasteiger partial charge in [-0.15, -0.1) is 0 Å². The molecule has 0 spiro atoms. The molecule has 1 N–H and O–H groups in total. The van der Waals surface area contributed by atoms with Crippen molar-refractivity contribution in [1.29, 1.82) is 0 Å². The van der Waals surface area contributed by atoms with E-state index in [4.69, 9.17) is 0 Å². The molecular weight excluding hydrogens is 167 g/mol. The summed E-state index contributed by atoms with van der Waals surface area (Å²) in [6, 6.07) is 0. The normalized spacial score (nSPS) is 34.3. The number of rotatable bonds is 2. The molecule has 0 heterocycles. The molecule has 1 fully saturated rings. The molecule has 1 aliphatic carbocycles. The van der Waals surface area contributed by atoms with Crippen LogP contribution in [0.4, 0.5) is 0 Å². The van der Waals surface area contributed by atoms with Gasteiger partial charge >= 0.3 is 29.6 Å². The van der Waals surface area contributed by atoms with Gasteiger partial charge in [0, 0.05) is 5.97 Å². The third-order valence-electron chi connectivity index (χ3n) is 2.61. The van der Waals surface area contributed by atoms with Crippen LogP contribution < -0.4 is 34.7 Å². The summed E-state index contributed by atoms with van der Waals surface area (Å²) >= 11 is 0. The summed E-state index contributed by atoms with van der Waals surface area (Å²) in [7, 11) is 0. The first-order chi connectivity index (χ1) is 5.11. The van der Waals surface area contributed by atoms with Crippen LogP contribution in [0.3, 0.4) is 0 Å². The van der Waals surface area contributed by atoms with Gasteiger partial charge in [-0.3, -0.25) is 0 Å². The molecule has 0 aromatic carbocycles. The first kappa shape index (κ1) is 12.4. The van der Waals surface area contributed by atoms with Crippen molar-refractivity contribution in [2.45, 2.75) is 32.3 Å². The summed E-state index contributed by atoms with van der Waals surface area (Å²) < 4.78 is 0. The smallest absolute Gasteiger partial charge is 0.550 e. The quantitative estimate of drug-likeness (QED) is 0.449. The van der Waals surface area contributed by atoms with Crippen LogP contribution in [0.15, 0.2) is 0 Å². The average molecular weight is 180 g/mol. The minimum Gasteiger partial charge on any atom is -0.550 e. The molecule has 0 aromatic heterocycles. The van der Waals surface area contributed by atoms with Crippen molar-refractivity contribution in [3.63, 3.8) is 0 Å². The second-order valence-corrected chi connectivity index (χ2v) is 3.34. The fourth-order valence-electron chi connectivity index (χ4n) is 1.73. The van der Waals surface area contributed by atoms with Crippen molar-refractivity contribution in [3.8, 4) is 0 Å². The van der Waals surface area contributed by atoms with Crippen LogP contribution in [-0.2, 0) is 4.79 Å². The van der Waals surface area contributed by atoms with Crippen LogP contribution >= 0.6 is 0 Å². The molecule has 1 saturated carbocycles. The third-order valence-corrected chi connectivity index (χ3v) is 2.61. The largest absolute Gasteiger partial charge is 1.00 e. The zero-order valence-electron chi connectivity index (χ0n) is 7.62. The maximum absolute atomic E-state index is 10.2. The van der Waals surface area contributed by atoms with Gasteiger partial charge in [-0.25, -0.2) is 0 Å². The summed E-state index contributed by atoms with van der Waals surface area (Å²) in [5, 5.41) is 19.5. The van der Waals surface area contributed by atoms with E-state index < -0.39 is 5.97 Å². The summed E-state index contributed by atoms with van der Waals surface area (Å²) in [5.74, 6) is -0.765. The van der Waals surface area contributed by atoms with E-state index in [1.807, 2.05) is 6.92 Å². The van der Waals surface area contributed by atoms with Crippen molar-refractivity contribution in [1.82, 2.24) is 0 Å². The molecule has 0 radical (unpaired) electrons. The Morgan fingerprint density at radius 2 is 2.17 bits per heavy atom. The average Bonchev–Trinajstić information content (AvgIpc) is 2.18. The van der Waals surface area contributed by atoms with E-state index in [2.05, 4.69) is 0 Å². The Morgan fingerprint density at radius 1 is 1.58 bits per heavy atom. The Labute approximate surface area is 94.5 Å². The minimum absolute atomic E-state index is 0. The van der Waals surface area contributed by atoms with Crippen LogP contribution in [0.5, 0.6) is 0 Å². The molecule has 64 valence electrons. The molecule has 0 saturated heterocycles. The van der Waals surface area contributed by atoms with Crippen LogP contribution in [-0.4, -0.2) is 17.2 Å². The van der Waals surface area contributed by atoms with Gasteiger partial charge in [-0.2, -0.15) is 0 Å². The van der Waals surface area contributed by atoms with E-state index in [1.54, 1.807) is 0 Å². The topological polar surface area (TPSA) is 60.4 Å². The first-order valence-electron chi connectivity index (χ1n) is 3.99. The summed E-state index contributed by atoms with van der Waals surface area (Å²) in [4.78, 5) is 10.2. The predicted molar refractivity (Wildman–Crippen MR) is 37.5 cm³/mol.